The second-order valence-electron chi connectivity index (χ2n) is 5.45. The number of aliphatic carboxylic acids is 1. The molecule has 0 radical (unpaired) electrons. The zero-order valence-corrected chi connectivity index (χ0v) is 13.2. The van der Waals surface area contributed by atoms with E-state index >= 15 is 0 Å². The summed E-state index contributed by atoms with van der Waals surface area (Å²) in [6, 6.07) is 5.08. The van der Waals surface area contributed by atoms with Crippen molar-refractivity contribution >= 4 is 29.2 Å². The second kappa shape index (κ2) is 7.49. The molecule has 1 fully saturated rings. The molecule has 0 unspecified atom stereocenters. The fourth-order valence-corrected chi connectivity index (χ4v) is 2.87. The molecule has 1 aliphatic carbocycles. The molecule has 6 heteroatoms. The van der Waals surface area contributed by atoms with Gasteiger partial charge in [0.05, 0.1) is 18.2 Å². The Labute approximate surface area is 134 Å². The van der Waals surface area contributed by atoms with Crippen LogP contribution in [0.2, 0.25) is 5.02 Å². The van der Waals surface area contributed by atoms with Gasteiger partial charge in [-0.05, 0) is 44.7 Å². The van der Waals surface area contributed by atoms with E-state index in [1.165, 1.54) is 0 Å². The quantitative estimate of drug-likeness (QED) is 0.867. The van der Waals surface area contributed by atoms with Crippen LogP contribution in [0.5, 0.6) is 5.75 Å². The minimum absolute atomic E-state index is 0.0906. The highest BCUT2D eigenvalue weighted by Gasteiger charge is 2.30. The lowest BCUT2D eigenvalue weighted by Crippen LogP contribution is -2.29. The van der Waals surface area contributed by atoms with Crippen LogP contribution in [-0.4, -0.2) is 23.6 Å². The number of hydrogen-bond acceptors (Lipinski definition) is 3. The van der Waals surface area contributed by atoms with Crippen molar-refractivity contribution < 1.29 is 19.4 Å². The topological polar surface area (TPSA) is 75.6 Å². The number of carboxylic acid groups (broad SMARTS) is 1. The molecule has 0 aromatic heterocycles. The van der Waals surface area contributed by atoms with Crippen molar-refractivity contribution in [3.63, 3.8) is 0 Å². The van der Waals surface area contributed by atoms with Gasteiger partial charge >= 0.3 is 5.97 Å². The normalized spacial score (nSPS) is 21.2. The molecule has 1 amide bonds. The van der Waals surface area contributed by atoms with Gasteiger partial charge in [0.15, 0.2) is 0 Å². The van der Waals surface area contributed by atoms with E-state index in [0.29, 0.717) is 48.7 Å². The van der Waals surface area contributed by atoms with Crippen molar-refractivity contribution in [1.82, 2.24) is 0 Å². The van der Waals surface area contributed by atoms with Gasteiger partial charge in [0.25, 0.3) is 0 Å². The molecule has 1 aromatic carbocycles. The first kappa shape index (κ1) is 16.6. The molecule has 0 saturated heterocycles. The van der Waals surface area contributed by atoms with Gasteiger partial charge in [-0.1, -0.05) is 11.6 Å². The molecular formula is C16H20ClNO4. The Morgan fingerprint density at radius 3 is 2.50 bits per heavy atom. The lowest BCUT2D eigenvalue weighted by atomic mass is 9.81. The van der Waals surface area contributed by atoms with E-state index in [2.05, 4.69) is 5.32 Å². The molecule has 0 atom stereocenters. The third-order valence-electron chi connectivity index (χ3n) is 3.95. The molecule has 0 bridgehead atoms. The predicted octanol–water partition coefficient (Wildman–Crippen LogP) is 3.57. The van der Waals surface area contributed by atoms with Crippen molar-refractivity contribution in [2.45, 2.75) is 32.6 Å². The number of benzene rings is 1. The van der Waals surface area contributed by atoms with Gasteiger partial charge in [-0.3, -0.25) is 9.59 Å². The van der Waals surface area contributed by atoms with Crippen LogP contribution in [0.4, 0.5) is 5.69 Å². The van der Waals surface area contributed by atoms with Crippen LogP contribution < -0.4 is 10.1 Å². The lowest BCUT2D eigenvalue weighted by Gasteiger charge is -2.25. The summed E-state index contributed by atoms with van der Waals surface area (Å²) in [5, 5.41) is 12.4. The van der Waals surface area contributed by atoms with Crippen LogP contribution in [0.25, 0.3) is 0 Å². The third kappa shape index (κ3) is 4.13. The van der Waals surface area contributed by atoms with Gasteiger partial charge < -0.3 is 15.2 Å². The van der Waals surface area contributed by atoms with Gasteiger partial charge in [-0.15, -0.1) is 0 Å². The first-order valence-corrected chi connectivity index (χ1v) is 7.85. The smallest absolute Gasteiger partial charge is 0.306 e. The maximum absolute atomic E-state index is 12.3. The summed E-state index contributed by atoms with van der Waals surface area (Å²) < 4.78 is 5.48. The van der Waals surface area contributed by atoms with Crippen LogP contribution in [0.3, 0.4) is 0 Å². The SMILES string of the molecule is CCOc1cc(Cl)ccc1NC(=O)C1CCC(C(=O)O)CC1. The number of rotatable bonds is 5. The number of amides is 1. The Bertz CT molecular complexity index is 553. The summed E-state index contributed by atoms with van der Waals surface area (Å²) in [4.78, 5) is 23.3. The zero-order chi connectivity index (χ0) is 16.1. The molecule has 120 valence electrons. The zero-order valence-electron chi connectivity index (χ0n) is 12.5. The first-order chi connectivity index (χ1) is 10.5. The number of carbonyl (C=O) groups excluding carboxylic acids is 1. The summed E-state index contributed by atoms with van der Waals surface area (Å²) in [5.41, 5.74) is 0.594. The van der Waals surface area contributed by atoms with Gasteiger partial charge in [0, 0.05) is 17.0 Å². The van der Waals surface area contributed by atoms with E-state index in [1.807, 2.05) is 6.92 Å². The molecule has 22 heavy (non-hydrogen) atoms. The van der Waals surface area contributed by atoms with Crippen molar-refractivity contribution in [2.75, 3.05) is 11.9 Å². The average Bonchev–Trinajstić information content (AvgIpc) is 2.50. The number of anilines is 1. The van der Waals surface area contributed by atoms with Crippen LogP contribution >= 0.6 is 11.6 Å². The third-order valence-corrected chi connectivity index (χ3v) is 4.18. The Hall–Kier alpha value is -1.75. The Morgan fingerprint density at radius 2 is 1.91 bits per heavy atom. The standard InChI is InChI=1S/C16H20ClNO4/c1-2-22-14-9-12(17)7-8-13(14)18-15(19)10-3-5-11(6-4-10)16(20)21/h7-11H,2-6H2,1H3,(H,18,19)(H,20,21). The predicted molar refractivity (Wildman–Crippen MR) is 84.3 cm³/mol. The van der Waals surface area contributed by atoms with Crippen molar-refractivity contribution in [1.29, 1.82) is 0 Å². The highest BCUT2D eigenvalue weighted by molar-refractivity contribution is 6.30. The second-order valence-corrected chi connectivity index (χ2v) is 5.89. The highest BCUT2D eigenvalue weighted by Crippen LogP contribution is 2.32. The number of carboxylic acids is 1. The molecular weight excluding hydrogens is 306 g/mol. The molecule has 1 saturated carbocycles. The number of carbonyl (C=O) groups is 2. The van der Waals surface area contributed by atoms with Gasteiger partial charge in [-0.2, -0.15) is 0 Å². The van der Waals surface area contributed by atoms with Crippen LogP contribution in [0.1, 0.15) is 32.6 Å². The van der Waals surface area contributed by atoms with Crippen LogP contribution in [0.15, 0.2) is 18.2 Å². The Morgan fingerprint density at radius 1 is 1.27 bits per heavy atom. The van der Waals surface area contributed by atoms with Gasteiger partial charge in [0.2, 0.25) is 5.91 Å². The van der Waals surface area contributed by atoms with E-state index in [9.17, 15) is 9.59 Å². The summed E-state index contributed by atoms with van der Waals surface area (Å²) in [5.74, 6) is -0.788. The van der Waals surface area contributed by atoms with Gasteiger partial charge in [-0.25, -0.2) is 0 Å². The van der Waals surface area contributed by atoms with Crippen molar-refractivity contribution in [2.24, 2.45) is 11.8 Å². The summed E-state index contributed by atoms with van der Waals surface area (Å²) >= 11 is 5.94. The van der Waals surface area contributed by atoms with E-state index < -0.39 is 5.97 Å². The lowest BCUT2D eigenvalue weighted by molar-refractivity contribution is -0.143. The van der Waals surface area contributed by atoms with E-state index in [4.69, 9.17) is 21.4 Å². The Kier molecular flexibility index (Phi) is 5.66. The molecule has 0 spiro atoms. The van der Waals surface area contributed by atoms with Gasteiger partial charge in [0.1, 0.15) is 5.75 Å². The van der Waals surface area contributed by atoms with E-state index in [-0.39, 0.29) is 17.7 Å². The summed E-state index contributed by atoms with van der Waals surface area (Å²) in [6.45, 7) is 2.34. The van der Waals surface area contributed by atoms with Crippen LogP contribution in [0, 0.1) is 11.8 Å². The molecule has 0 heterocycles. The number of nitrogens with one attached hydrogen (secondary N) is 1. The highest BCUT2D eigenvalue weighted by atomic mass is 35.5. The number of hydrogen-bond donors (Lipinski definition) is 2. The maximum atomic E-state index is 12.3. The molecule has 2 rings (SSSR count). The minimum atomic E-state index is -0.768. The van der Waals surface area contributed by atoms with E-state index in [0.717, 1.165) is 0 Å². The monoisotopic (exact) mass is 325 g/mol. The molecule has 5 nitrogen and oxygen atoms in total. The fourth-order valence-electron chi connectivity index (χ4n) is 2.71. The van der Waals surface area contributed by atoms with E-state index in [1.54, 1.807) is 18.2 Å². The molecule has 2 N–H and O–H groups in total. The van der Waals surface area contributed by atoms with Crippen molar-refractivity contribution in [3.05, 3.63) is 23.2 Å². The number of halogens is 1. The molecule has 0 aliphatic heterocycles. The number of ether oxygens (including phenoxy) is 1. The molecule has 1 aromatic rings. The maximum Gasteiger partial charge on any atom is 0.306 e. The first-order valence-electron chi connectivity index (χ1n) is 7.47. The minimum Gasteiger partial charge on any atom is -0.492 e. The summed E-state index contributed by atoms with van der Waals surface area (Å²) in [6.07, 6.45) is 2.29. The molecule has 1 aliphatic rings. The average molecular weight is 326 g/mol. The fraction of sp³-hybridized carbons (Fsp3) is 0.500. The van der Waals surface area contributed by atoms with Crippen molar-refractivity contribution in [3.8, 4) is 5.75 Å². The van der Waals surface area contributed by atoms with Crippen LogP contribution in [-0.2, 0) is 9.59 Å². The largest absolute Gasteiger partial charge is 0.492 e. The summed E-state index contributed by atoms with van der Waals surface area (Å²) in [7, 11) is 0. The Balaban J connectivity index is 1.99.